The van der Waals surface area contributed by atoms with E-state index in [0.29, 0.717) is 12.3 Å². The number of nitrogens with zero attached hydrogens (tertiary/aromatic N) is 1. The molecule has 30 heavy (non-hydrogen) atoms. The van der Waals surface area contributed by atoms with Gasteiger partial charge in [-0.2, -0.15) is 0 Å². The number of benzene rings is 2. The average molecular weight is 433 g/mol. The van der Waals surface area contributed by atoms with Crippen LogP contribution in [0.4, 0.5) is 5.69 Å². The van der Waals surface area contributed by atoms with Gasteiger partial charge in [0.25, 0.3) is 0 Å². The largest absolute Gasteiger partial charge is 0.491 e. The Hall–Kier alpha value is -2.54. The van der Waals surface area contributed by atoms with Crippen LogP contribution in [0.25, 0.3) is 0 Å². The fourth-order valence-corrected chi connectivity index (χ4v) is 3.88. The van der Waals surface area contributed by atoms with Crippen molar-refractivity contribution < 1.29 is 17.9 Å². The van der Waals surface area contributed by atoms with Crippen molar-refractivity contribution in [1.29, 1.82) is 0 Å². The number of para-hydroxylation sites is 1. The van der Waals surface area contributed by atoms with Crippen LogP contribution in [0.5, 0.6) is 5.75 Å². The quantitative estimate of drug-likeness (QED) is 0.647. The van der Waals surface area contributed by atoms with Crippen molar-refractivity contribution in [3.8, 4) is 5.75 Å². The van der Waals surface area contributed by atoms with Crippen LogP contribution in [0.1, 0.15) is 37.5 Å². The highest BCUT2D eigenvalue weighted by atomic mass is 32.2. The molecule has 2 aromatic carbocycles. The van der Waals surface area contributed by atoms with E-state index >= 15 is 0 Å². The highest BCUT2D eigenvalue weighted by Crippen LogP contribution is 2.30. The Labute approximate surface area is 180 Å². The van der Waals surface area contributed by atoms with E-state index in [4.69, 9.17) is 4.74 Å². The second-order valence-corrected chi connectivity index (χ2v) is 10.4. The van der Waals surface area contributed by atoms with Gasteiger partial charge in [-0.1, -0.05) is 45.0 Å². The molecule has 0 saturated carbocycles. The van der Waals surface area contributed by atoms with Crippen LogP contribution < -0.4 is 14.4 Å². The van der Waals surface area contributed by atoms with Gasteiger partial charge in [0.05, 0.1) is 18.5 Å². The molecule has 7 heteroatoms. The summed E-state index contributed by atoms with van der Waals surface area (Å²) in [5, 5.41) is 2.74. The van der Waals surface area contributed by atoms with E-state index < -0.39 is 10.0 Å². The lowest BCUT2D eigenvalue weighted by Crippen LogP contribution is -2.41. The van der Waals surface area contributed by atoms with Crippen LogP contribution in [0, 0.1) is 13.8 Å². The lowest BCUT2D eigenvalue weighted by Gasteiger charge is -2.23. The van der Waals surface area contributed by atoms with Crippen LogP contribution in [0.15, 0.2) is 42.5 Å². The second kappa shape index (κ2) is 9.51. The molecule has 0 aliphatic rings. The topological polar surface area (TPSA) is 75.7 Å². The third kappa shape index (κ3) is 6.49. The summed E-state index contributed by atoms with van der Waals surface area (Å²) in [7, 11) is -3.60. The molecule has 0 fully saturated rings. The van der Waals surface area contributed by atoms with Crippen LogP contribution in [-0.4, -0.2) is 40.3 Å². The highest BCUT2D eigenvalue weighted by Gasteiger charge is 2.21. The molecule has 2 rings (SSSR count). The summed E-state index contributed by atoms with van der Waals surface area (Å²) in [6, 6.07) is 13.2. The lowest BCUT2D eigenvalue weighted by molar-refractivity contribution is -0.119. The summed E-state index contributed by atoms with van der Waals surface area (Å²) in [6.45, 7) is 10.5. The number of hydrogen-bond acceptors (Lipinski definition) is 4. The van der Waals surface area contributed by atoms with Gasteiger partial charge in [-0.3, -0.25) is 9.10 Å². The Kier molecular flexibility index (Phi) is 7.53. The molecule has 164 valence electrons. The molecule has 0 unspecified atom stereocenters. The Morgan fingerprint density at radius 3 is 2.33 bits per heavy atom. The number of nitrogens with one attached hydrogen (secondary N) is 1. The Balaban J connectivity index is 1.97. The number of carbonyl (C=O) groups excluding carboxylic acids is 1. The normalized spacial score (nSPS) is 11.8. The molecule has 0 atom stereocenters. The minimum absolute atomic E-state index is 0.0536. The van der Waals surface area contributed by atoms with Gasteiger partial charge in [0.1, 0.15) is 18.9 Å². The standard InChI is InChI=1S/C23H32N2O4S/c1-17-11-12-19(15-18(17)2)25(30(6,27)28)16-22(26)24-13-14-29-21-10-8-7-9-20(21)23(3,4)5/h7-12,15H,13-14,16H2,1-6H3,(H,24,26). The number of aryl methyl sites for hydroxylation is 2. The molecule has 0 radical (unpaired) electrons. The van der Waals surface area contributed by atoms with Gasteiger partial charge in [0, 0.05) is 0 Å². The summed E-state index contributed by atoms with van der Waals surface area (Å²) in [5.74, 6) is 0.401. The minimum atomic E-state index is -3.60. The van der Waals surface area contributed by atoms with E-state index in [1.165, 1.54) is 0 Å². The Morgan fingerprint density at radius 1 is 1.07 bits per heavy atom. The van der Waals surface area contributed by atoms with Gasteiger partial charge in [-0.05, 0) is 54.2 Å². The van der Waals surface area contributed by atoms with E-state index in [0.717, 1.165) is 33.0 Å². The molecule has 0 saturated heterocycles. The third-order valence-electron chi connectivity index (χ3n) is 4.84. The van der Waals surface area contributed by atoms with E-state index in [1.54, 1.807) is 12.1 Å². The molecule has 0 heterocycles. The molecular formula is C23H32N2O4S. The van der Waals surface area contributed by atoms with Crippen molar-refractivity contribution in [2.75, 3.05) is 30.3 Å². The van der Waals surface area contributed by atoms with Crippen molar-refractivity contribution in [2.45, 2.75) is 40.0 Å². The summed E-state index contributed by atoms with van der Waals surface area (Å²) < 4.78 is 31.4. The zero-order valence-electron chi connectivity index (χ0n) is 18.7. The molecule has 0 aliphatic heterocycles. The third-order valence-corrected chi connectivity index (χ3v) is 5.98. The molecule has 0 bridgehead atoms. The zero-order chi connectivity index (χ0) is 22.5. The Morgan fingerprint density at radius 2 is 1.73 bits per heavy atom. The average Bonchev–Trinajstić information content (AvgIpc) is 2.64. The van der Waals surface area contributed by atoms with Gasteiger partial charge >= 0.3 is 0 Å². The first-order chi connectivity index (χ1) is 13.9. The number of hydrogen-bond donors (Lipinski definition) is 1. The fourth-order valence-electron chi connectivity index (χ4n) is 3.03. The van der Waals surface area contributed by atoms with Crippen molar-refractivity contribution >= 4 is 21.6 Å². The molecule has 0 aromatic heterocycles. The van der Waals surface area contributed by atoms with Crippen LogP contribution in [0.2, 0.25) is 0 Å². The first-order valence-corrected chi connectivity index (χ1v) is 11.8. The molecular weight excluding hydrogens is 400 g/mol. The molecule has 1 N–H and O–H groups in total. The molecule has 0 spiro atoms. The van der Waals surface area contributed by atoms with E-state index in [2.05, 4.69) is 26.1 Å². The molecule has 2 aromatic rings. The first-order valence-electron chi connectivity index (χ1n) is 9.93. The number of amides is 1. The summed E-state index contributed by atoms with van der Waals surface area (Å²) in [4.78, 5) is 12.4. The second-order valence-electron chi connectivity index (χ2n) is 8.48. The van der Waals surface area contributed by atoms with Crippen LogP contribution >= 0.6 is 0 Å². The molecule has 6 nitrogen and oxygen atoms in total. The number of anilines is 1. The van der Waals surface area contributed by atoms with Gasteiger partial charge in [-0.25, -0.2) is 8.42 Å². The van der Waals surface area contributed by atoms with Crippen LogP contribution in [-0.2, 0) is 20.2 Å². The maximum Gasteiger partial charge on any atom is 0.240 e. The van der Waals surface area contributed by atoms with Crippen molar-refractivity contribution in [1.82, 2.24) is 5.32 Å². The predicted molar refractivity (Wildman–Crippen MR) is 122 cm³/mol. The van der Waals surface area contributed by atoms with Gasteiger partial charge < -0.3 is 10.1 Å². The van der Waals surface area contributed by atoms with Crippen molar-refractivity contribution in [3.63, 3.8) is 0 Å². The van der Waals surface area contributed by atoms with Gasteiger partial charge in [0.15, 0.2) is 0 Å². The fraction of sp³-hybridized carbons (Fsp3) is 0.435. The number of carbonyl (C=O) groups is 1. The van der Waals surface area contributed by atoms with E-state index in [-0.39, 0.29) is 24.4 Å². The number of ether oxygens (including phenoxy) is 1. The predicted octanol–water partition coefficient (Wildman–Crippen LogP) is 3.56. The highest BCUT2D eigenvalue weighted by molar-refractivity contribution is 7.92. The van der Waals surface area contributed by atoms with Gasteiger partial charge in [0.2, 0.25) is 15.9 Å². The molecule has 0 aliphatic carbocycles. The van der Waals surface area contributed by atoms with Crippen molar-refractivity contribution in [2.24, 2.45) is 0 Å². The minimum Gasteiger partial charge on any atom is -0.491 e. The Bertz CT molecular complexity index is 995. The molecule has 1 amide bonds. The summed E-state index contributed by atoms with van der Waals surface area (Å²) in [6.07, 6.45) is 1.10. The summed E-state index contributed by atoms with van der Waals surface area (Å²) in [5.41, 5.74) is 3.54. The number of sulfonamides is 1. The summed E-state index contributed by atoms with van der Waals surface area (Å²) >= 11 is 0. The van der Waals surface area contributed by atoms with Crippen LogP contribution in [0.3, 0.4) is 0 Å². The van der Waals surface area contributed by atoms with Gasteiger partial charge in [-0.15, -0.1) is 0 Å². The number of rotatable bonds is 8. The smallest absolute Gasteiger partial charge is 0.240 e. The first kappa shape index (κ1) is 23.7. The zero-order valence-corrected chi connectivity index (χ0v) is 19.5. The SMILES string of the molecule is Cc1ccc(N(CC(=O)NCCOc2ccccc2C(C)(C)C)S(C)(=O)=O)cc1C. The monoisotopic (exact) mass is 432 g/mol. The van der Waals surface area contributed by atoms with E-state index in [9.17, 15) is 13.2 Å². The van der Waals surface area contributed by atoms with E-state index in [1.807, 2.05) is 44.2 Å². The van der Waals surface area contributed by atoms with Crippen molar-refractivity contribution in [3.05, 3.63) is 59.2 Å². The lowest BCUT2D eigenvalue weighted by atomic mass is 9.86. The maximum atomic E-state index is 12.4. The maximum absolute atomic E-state index is 12.4.